The maximum atomic E-state index is 11.7. The van der Waals surface area contributed by atoms with E-state index >= 15 is 0 Å². The standard InChI is InChI=1S/C18H14N2O4S/c21-16-14(19-18(25)20-16)9-13-3-1-2-4-15(13)24-10-11-5-7-12(8-6-11)17(22)23/h1-9H,10H2,(H,22,23)(H2,19,20,21,25)/p-1/b14-9-. The second-order valence-corrected chi connectivity index (χ2v) is 5.69. The second kappa shape index (κ2) is 7.14. The van der Waals surface area contributed by atoms with Crippen LogP contribution in [0.5, 0.6) is 5.75 Å². The normalized spacial score (nSPS) is 15.0. The van der Waals surface area contributed by atoms with Crippen molar-refractivity contribution in [1.82, 2.24) is 10.6 Å². The molecular formula is C18H13N2O4S-. The van der Waals surface area contributed by atoms with Crippen molar-refractivity contribution in [2.45, 2.75) is 6.61 Å². The van der Waals surface area contributed by atoms with E-state index in [9.17, 15) is 14.7 Å². The molecule has 25 heavy (non-hydrogen) atoms. The van der Waals surface area contributed by atoms with Crippen LogP contribution >= 0.6 is 12.2 Å². The number of rotatable bonds is 5. The van der Waals surface area contributed by atoms with Gasteiger partial charge in [-0.25, -0.2) is 0 Å². The summed E-state index contributed by atoms with van der Waals surface area (Å²) in [6.45, 7) is 0.256. The van der Waals surface area contributed by atoms with Gasteiger partial charge in [0.25, 0.3) is 5.91 Å². The number of hydrogen-bond donors (Lipinski definition) is 2. The molecule has 3 rings (SSSR count). The molecular weight excluding hydrogens is 340 g/mol. The SMILES string of the molecule is O=C1NC(=S)N/C1=C\c1ccccc1OCc1ccc(C(=O)[O-])cc1. The van der Waals surface area contributed by atoms with E-state index in [4.69, 9.17) is 17.0 Å². The number of amides is 1. The number of nitrogens with one attached hydrogen (secondary N) is 2. The highest BCUT2D eigenvalue weighted by molar-refractivity contribution is 7.80. The average molecular weight is 353 g/mol. The van der Waals surface area contributed by atoms with Crippen molar-refractivity contribution in [3.05, 3.63) is 70.9 Å². The number of carboxylic acids is 1. The van der Waals surface area contributed by atoms with Crippen molar-refractivity contribution < 1.29 is 19.4 Å². The highest BCUT2D eigenvalue weighted by Crippen LogP contribution is 2.22. The van der Waals surface area contributed by atoms with Crippen LogP contribution in [0.2, 0.25) is 0 Å². The molecule has 1 amide bonds. The van der Waals surface area contributed by atoms with Gasteiger partial charge in [0, 0.05) is 5.56 Å². The third kappa shape index (κ3) is 4.02. The Morgan fingerprint density at radius 1 is 1.12 bits per heavy atom. The molecule has 0 atom stereocenters. The number of carbonyl (C=O) groups excluding carboxylic acids is 2. The zero-order chi connectivity index (χ0) is 17.8. The van der Waals surface area contributed by atoms with E-state index in [2.05, 4.69) is 10.6 Å². The highest BCUT2D eigenvalue weighted by Gasteiger charge is 2.20. The van der Waals surface area contributed by atoms with Gasteiger partial charge < -0.3 is 20.0 Å². The van der Waals surface area contributed by atoms with Crippen LogP contribution in [0.4, 0.5) is 0 Å². The molecule has 1 heterocycles. The van der Waals surface area contributed by atoms with E-state index in [1.54, 1.807) is 24.3 Å². The van der Waals surface area contributed by atoms with Crippen molar-refractivity contribution in [3.63, 3.8) is 0 Å². The van der Waals surface area contributed by atoms with Crippen LogP contribution in [0.25, 0.3) is 6.08 Å². The lowest BCUT2D eigenvalue weighted by molar-refractivity contribution is -0.255. The minimum Gasteiger partial charge on any atom is -0.545 e. The quantitative estimate of drug-likeness (QED) is 0.615. The first-order valence-corrected chi connectivity index (χ1v) is 7.80. The Labute approximate surface area is 149 Å². The molecule has 0 unspecified atom stereocenters. The number of thiocarbonyl (C=S) groups is 1. The molecule has 0 aliphatic carbocycles. The van der Waals surface area contributed by atoms with Gasteiger partial charge in [0.2, 0.25) is 0 Å². The summed E-state index contributed by atoms with van der Waals surface area (Å²) in [5, 5.41) is 16.3. The Hall–Kier alpha value is -3.19. The molecule has 1 saturated heterocycles. The molecule has 2 N–H and O–H groups in total. The summed E-state index contributed by atoms with van der Waals surface area (Å²) in [5.74, 6) is -0.922. The van der Waals surface area contributed by atoms with Crippen LogP contribution < -0.4 is 20.5 Å². The van der Waals surface area contributed by atoms with E-state index in [1.807, 2.05) is 18.2 Å². The van der Waals surface area contributed by atoms with Crippen molar-refractivity contribution in [3.8, 4) is 5.75 Å². The number of hydrogen-bond acceptors (Lipinski definition) is 5. The zero-order valence-electron chi connectivity index (χ0n) is 12.9. The molecule has 6 nitrogen and oxygen atoms in total. The van der Waals surface area contributed by atoms with E-state index in [0.717, 1.165) is 11.1 Å². The molecule has 0 aromatic heterocycles. The smallest absolute Gasteiger partial charge is 0.273 e. The Morgan fingerprint density at radius 2 is 1.84 bits per heavy atom. The molecule has 1 aliphatic heterocycles. The second-order valence-electron chi connectivity index (χ2n) is 5.28. The molecule has 1 fully saturated rings. The van der Waals surface area contributed by atoms with Crippen molar-refractivity contribution in [2.24, 2.45) is 0 Å². The van der Waals surface area contributed by atoms with Crippen LogP contribution in [0.3, 0.4) is 0 Å². The Morgan fingerprint density at radius 3 is 2.48 bits per heavy atom. The summed E-state index contributed by atoms with van der Waals surface area (Å²) in [7, 11) is 0. The predicted octanol–water partition coefficient (Wildman–Crippen LogP) is 0.974. The van der Waals surface area contributed by atoms with Gasteiger partial charge in [-0.1, -0.05) is 42.5 Å². The summed E-state index contributed by atoms with van der Waals surface area (Å²) in [4.78, 5) is 22.5. The Balaban J connectivity index is 1.75. The summed E-state index contributed by atoms with van der Waals surface area (Å²) < 4.78 is 5.80. The van der Waals surface area contributed by atoms with Crippen LogP contribution in [0.1, 0.15) is 21.5 Å². The van der Waals surface area contributed by atoms with Gasteiger partial charge in [0.1, 0.15) is 18.1 Å². The van der Waals surface area contributed by atoms with Crippen molar-refractivity contribution in [2.75, 3.05) is 0 Å². The van der Waals surface area contributed by atoms with Gasteiger partial charge in [-0.2, -0.15) is 0 Å². The van der Waals surface area contributed by atoms with Gasteiger partial charge in [0.15, 0.2) is 5.11 Å². The Kier molecular flexibility index (Phi) is 4.76. The highest BCUT2D eigenvalue weighted by atomic mass is 32.1. The van der Waals surface area contributed by atoms with E-state index in [1.165, 1.54) is 12.1 Å². The monoisotopic (exact) mass is 353 g/mol. The van der Waals surface area contributed by atoms with Gasteiger partial charge >= 0.3 is 0 Å². The fourth-order valence-corrected chi connectivity index (χ4v) is 2.47. The number of benzene rings is 2. The average Bonchev–Trinajstić information content (AvgIpc) is 2.91. The minimum atomic E-state index is -1.22. The summed E-state index contributed by atoms with van der Waals surface area (Å²) in [6.07, 6.45) is 1.66. The summed E-state index contributed by atoms with van der Waals surface area (Å²) >= 11 is 4.90. The molecule has 2 aromatic rings. The fraction of sp³-hybridized carbons (Fsp3) is 0.0556. The third-order valence-corrected chi connectivity index (χ3v) is 3.73. The van der Waals surface area contributed by atoms with E-state index in [-0.39, 0.29) is 23.2 Å². The molecule has 1 aliphatic rings. The maximum Gasteiger partial charge on any atom is 0.273 e. The Bertz CT molecular complexity index is 875. The van der Waals surface area contributed by atoms with Gasteiger partial charge in [0.05, 0.1) is 5.97 Å². The van der Waals surface area contributed by atoms with E-state index in [0.29, 0.717) is 11.4 Å². The number of para-hydroxylation sites is 1. The first kappa shape index (κ1) is 16.7. The van der Waals surface area contributed by atoms with Gasteiger partial charge in [-0.05, 0) is 35.5 Å². The molecule has 0 spiro atoms. The topological polar surface area (TPSA) is 90.5 Å². The van der Waals surface area contributed by atoms with Gasteiger partial charge in [-0.3, -0.25) is 10.1 Å². The van der Waals surface area contributed by atoms with Crippen molar-refractivity contribution in [1.29, 1.82) is 0 Å². The largest absolute Gasteiger partial charge is 0.545 e. The number of aromatic carboxylic acids is 1. The zero-order valence-corrected chi connectivity index (χ0v) is 13.8. The first-order chi connectivity index (χ1) is 12.0. The van der Waals surface area contributed by atoms with Crippen LogP contribution in [0.15, 0.2) is 54.2 Å². The van der Waals surface area contributed by atoms with Crippen LogP contribution in [0, 0.1) is 0 Å². The first-order valence-electron chi connectivity index (χ1n) is 7.39. The lowest BCUT2D eigenvalue weighted by atomic mass is 10.1. The number of carbonyl (C=O) groups is 2. The van der Waals surface area contributed by atoms with Gasteiger partial charge in [-0.15, -0.1) is 0 Å². The van der Waals surface area contributed by atoms with E-state index < -0.39 is 5.97 Å². The number of carboxylic acid groups (broad SMARTS) is 1. The number of ether oxygens (including phenoxy) is 1. The molecule has 0 saturated carbocycles. The maximum absolute atomic E-state index is 11.7. The summed E-state index contributed by atoms with van der Waals surface area (Å²) in [5.41, 5.74) is 1.99. The summed E-state index contributed by atoms with van der Waals surface area (Å²) in [6, 6.07) is 13.5. The molecule has 2 aromatic carbocycles. The predicted molar refractivity (Wildman–Crippen MR) is 93.4 cm³/mol. The lowest BCUT2D eigenvalue weighted by Crippen LogP contribution is -2.22. The third-order valence-electron chi connectivity index (χ3n) is 3.52. The molecule has 126 valence electrons. The fourth-order valence-electron chi connectivity index (χ4n) is 2.27. The van der Waals surface area contributed by atoms with Crippen LogP contribution in [-0.4, -0.2) is 17.0 Å². The molecule has 0 bridgehead atoms. The molecule has 0 radical (unpaired) electrons. The van der Waals surface area contributed by atoms with Crippen LogP contribution in [-0.2, 0) is 11.4 Å². The minimum absolute atomic E-state index is 0.114. The lowest BCUT2D eigenvalue weighted by Gasteiger charge is -2.10. The van der Waals surface area contributed by atoms with Crippen molar-refractivity contribution >= 4 is 35.3 Å². The molecule has 7 heteroatoms.